The summed E-state index contributed by atoms with van der Waals surface area (Å²) in [6.45, 7) is 0.700. The second-order valence-electron chi connectivity index (χ2n) is 7.46. The molecule has 2 heterocycles. The molecule has 0 fully saturated rings. The number of amides is 1. The predicted molar refractivity (Wildman–Crippen MR) is 122 cm³/mol. The SMILES string of the molecule is CN(C)C(=O)c1cccc(-c2cn3nc(NCc4ccc(N(C)C)cc4)sc3n2)c1. The number of nitrogens with one attached hydrogen (secondary N) is 1. The summed E-state index contributed by atoms with van der Waals surface area (Å²) >= 11 is 1.50. The highest BCUT2D eigenvalue weighted by Gasteiger charge is 2.13. The van der Waals surface area contributed by atoms with Crippen LogP contribution in [-0.4, -0.2) is 53.6 Å². The van der Waals surface area contributed by atoms with E-state index in [2.05, 4.69) is 44.6 Å². The van der Waals surface area contributed by atoms with Gasteiger partial charge in [0.1, 0.15) is 0 Å². The van der Waals surface area contributed by atoms with Crippen molar-refractivity contribution >= 4 is 33.0 Å². The maximum Gasteiger partial charge on any atom is 0.253 e. The minimum Gasteiger partial charge on any atom is -0.378 e. The zero-order chi connectivity index (χ0) is 21.3. The van der Waals surface area contributed by atoms with Gasteiger partial charge in [0.15, 0.2) is 0 Å². The Balaban J connectivity index is 1.48. The Morgan fingerprint density at radius 2 is 1.87 bits per heavy atom. The van der Waals surface area contributed by atoms with Crippen LogP contribution in [0.5, 0.6) is 0 Å². The van der Waals surface area contributed by atoms with Crippen molar-refractivity contribution in [1.29, 1.82) is 0 Å². The summed E-state index contributed by atoms with van der Waals surface area (Å²) in [6, 6.07) is 15.9. The largest absolute Gasteiger partial charge is 0.378 e. The number of hydrogen-bond donors (Lipinski definition) is 1. The van der Waals surface area contributed by atoms with E-state index in [0.717, 1.165) is 21.3 Å². The number of hydrogen-bond acceptors (Lipinski definition) is 6. The first kappa shape index (κ1) is 19.9. The predicted octanol–water partition coefficient (Wildman–Crippen LogP) is 3.84. The fourth-order valence-corrected chi connectivity index (χ4v) is 3.85. The van der Waals surface area contributed by atoms with Gasteiger partial charge in [-0.15, -0.1) is 5.10 Å². The van der Waals surface area contributed by atoms with E-state index in [1.54, 1.807) is 23.5 Å². The van der Waals surface area contributed by atoms with Gasteiger partial charge in [0.05, 0.1) is 11.9 Å². The third-order valence-electron chi connectivity index (χ3n) is 4.75. The lowest BCUT2D eigenvalue weighted by atomic mass is 10.1. The van der Waals surface area contributed by atoms with Gasteiger partial charge in [-0.1, -0.05) is 35.6 Å². The van der Waals surface area contributed by atoms with E-state index >= 15 is 0 Å². The first-order valence-electron chi connectivity index (χ1n) is 9.59. The number of rotatable bonds is 6. The number of anilines is 2. The number of carbonyl (C=O) groups is 1. The van der Waals surface area contributed by atoms with Crippen LogP contribution in [-0.2, 0) is 6.54 Å². The highest BCUT2D eigenvalue weighted by Crippen LogP contribution is 2.25. The molecule has 2 aromatic heterocycles. The molecule has 4 rings (SSSR count). The molecule has 0 aliphatic heterocycles. The van der Waals surface area contributed by atoms with Crippen LogP contribution < -0.4 is 10.2 Å². The molecule has 0 radical (unpaired) electrons. The molecule has 7 nitrogen and oxygen atoms in total. The summed E-state index contributed by atoms with van der Waals surface area (Å²) in [5.41, 5.74) is 4.71. The van der Waals surface area contributed by atoms with Crippen LogP contribution in [0.1, 0.15) is 15.9 Å². The van der Waals surface area contributed by atoms with Crippen LogP contribution in [0.3, 0.4) is 0 Å². The Labute approximate surface area is 179 Å². The number of fused-ring (bicyclic) bond motifs is 1. The maximum absolute atomic E-state index is 12.2. The molecule has 0 unspecified atom stereocenters. The summed E-state index contributed by atoms with van der Waals surface area (Å²) in [7, 11) is 7.56. The van der Waals surface area contributed by atoms with Crippen LogP contribution in [0.4, 0.5) is 10.8 Å². The van der Waals surface area contributed by atoms with Crippen molar-refractivity contribution in [3.63, 3.8) is 0 Å². The fraction of sp³-hybridized carbons (Fsp3) is 0.227. The van der Waals surface area contributed by atoms with Crippen LogP contribution in [0.2, 0.25) is 0 Å². The average Bonchev–Trinajstić information content (AvgIpc) is 3.31. The zero-order valence-corrected chi connectivity index (χ0v) is 18.3. The summed E-state index contributed by atoms with van der Waals surface area (Å²) in [5, 5.41) is 8.76. The molecule has 0 aliphatic carbocycles. The fourth-order valence-electron chi connectivity index (χ4n) is 3.07. The summed E-state index contributed by atoms with van der Waals surface area (Å²) < 4.78 is 1.78. The Morgan fingerprint density at radius 3 is 2.53 bits per heavy atom. The van der Waals surface area contributed by atoms with E-state index in [1.807, 2.05) is 44.6 Å². The van der Waals surface area contributed by atoms with E-state index in [-0.39, 0.29) is 5.91 Å². The van der Waals surface area contributed by atoms with Crippen LogP contribution >= 0.6 is 11.3 Å². The molecule has 30 heavy (non-hydrogen) atoms. The van der Waals surface area contributed by atoms with Crippen LogP contribution in [0.25, 0.3) is 16.2 Å². The number of benzene rings is 2. The van der Waals surface area contributed by atoms with Gasteiger partial charge in [-0.25, -0.2) is 9.50 Å². The van der Waals surface area contributed by atoms with Crippen LogP contribution in [0.15, 0.2) is 54.7 Å². The number of nitrogens with zero attached hydrogens (tertiary/aromatic N) is 5. The van der Waals surface area contributed by atoms with Gasteiger partial charge in [0.25, 0.3) is 5.91 Å². The highest BCUT2D eigenvalue weighted by atomic mass is 32.1. The molecule has 0 saturated heterocycles. The summed E-state index contributed by atoms with van der Waals surface area (Å²) in [6.07, 6.45) is 1.89. The van der Waals surface area contributed by atoms with E-state index < -0.39 is 0 Å². The molecule has 1 N–H and O–H groups in total. The molecule has 0 spiro atoms. The lowest BCUT2D eigenvalue weighted by Gasteiger charge is -2.12. The van der Waals surface area contributed by atoms with E-state index in [9.17, 15) is 4.79 Å². The molecule has 2 aromatic carbocycles. The number of carbonyl (C=O) groups excluding carboxylic acids is 1. The molecule has 0 bridgehead atoms. The van der Waals surface area contributed by atoms with Crippen molar-refractivity contribution in [2.75, 3.05) is 38.4 Å². The molecule has 154 valence electrons. The molecule has 0 atom stereocenters. The van der Waals surface area contributed by atoms with Crippen molar-refractivity contribution in [2.24, 2.45) is 0 Å². The third-order valence-corrected chi connectivity index (χ3v) is 5.63. The Morgan fingerprint density at radius 1 is 1.10 bits per heavy atom. The minimum absolute atomic E-state index is 0.0268. The van der Waals surface area contributed by atoms with E-state index in [1.165, 1.54) is 22.6 Å². The second-order valence-corrected chi connectivity index (χ2v) is 8.41. The molecule has 0 aliphatic rings. The van der Waals surface area contributed by atoms with Gasteiger partial charge in [-0.05, 0) is 29.8 Å². The van der Waals surface area contributed by atoms with E-state index in [4.69, 9.17) is 0 Å². The first-order valence-corrected chi connectivity index (χ1v) is 10.4. The molecule has 8 heteroatoms. The van der Waals surface area contributed by atoms with E-state index in [0.29, 0.717) is 12.1 Å². The number of aromatic nitrogens is 3. The molecule has 0 saturated carbocycles. The molecule has 4 aromatic rings. The van der Waals surface area contributed by atoms with Crippen molar-refractivity contribution in [1.82, 2.24) is 19.5 Å². The topological polar surface area (TPSA) is 65.8 Å². The summed E-state index contributed by atoms with van der Waals surface area (Å²) in [5.74, 6) is -0.0268. The smallest absolute Gasteiger partial charge is 0.253 e. The van der Waals surface area contributed by atoms with Gasteiger partial charge in [0, 0.05) is 51.5 Å². The lowest BCUT2D eigenvalue weighted by Crippen LogP contribution is -2.21. The van der Waals surface area contributed by atoms with Gasteiger partial charge >= 0.3 is 0 Å². The van der Waals surface area contributed by atoms with Gasteiger partial charge in [0.2, 0.25) is 10.1 Å². The van der Waals surface area contributed by atoms with Crippen molar-refractivity contribution in [3.05, 3.63) is 65.9 Å². The quantitative estimate of drug-likeness (QED) is 0.513. The molecule has 1 amide bonds. The average molecular weight is 421 g/mol. The molecular formula is C22H24N6OS. The van der Waals surface area contributed by atoms with Gasteiger partial charge < -0.3 is 15.1 Å². The maximum atomic E-state index is 12.2. The monoisotopic (exact) mass is 420 g/mol. The van der Waals surface area contributed by atoms with Gasteiger partial charge in [-0.3, -0.25) is 4.79 Å². The first-order chi connectivity index (χ1) is 14.4. The van der Waals surface area contributed by atoms with Gasteiger partial charge in [-0.2, -0.15) is 0 Å². The zero-order valence-electron chi connectivity index (χ0n) is 17.5. The summed E-state index contributed by atoms with van der Waals surface area (Å²) in [4.78, 5) is 21.4. The normalized spacial score (nSPS) is 10.9. The second kappa shape index (κ2) is 8.16. The van der Waals surface area contributed by atoms with Crippen molar-refractivity contribution in [2.45, 2.75) is 6.54 Å². The Hall–Kier alpha value is -3.39. The third kappa shape index (κ3) is 4.13. The van der Waals surface area contributed by atoms with Crippen molar-refractivity contribution < 1.29 is 4.79 Å². The standard InChI is InChI=1S/C22H24N6OS/c1-26(2)18-10-8-15(9-11-18)13-23-21-25-28-14-19(24-22(28)30-21)16-6-5-7-17(12-16)20(29)27(3)4/h5-12,14H,13H2,1-4H3,(H,23,25). The Bertz CT molecular complexity index is 1140. The minimum atomic E-state index is -0.0268. The lowest BCUT2D eigenvalue weighted by molar-refractivity contribution is 0.0827. The highest BCUT2D eigenvalue weighted by molar-refractivity contribution is 7.20. The van der Waals surface area contributed by atoms with Crippen molar-refractivity contribution in [3.8, 4) is 11.3 Å². The molecular weight excluding hydrogens is 396 g/mol. The number of imidazole rings is 1. The Kier molecular flexibility index (Phi) is 5.41. The van der Waals surface area contributed by atoms with Crippen LogP contribution in [0, 0.1) is 0 Å².